The number of rotatable bonds is 7. The zero-order valence-corrected chi connectivity index (χ0v) is 15.5. The molecule has 1 heterocycles. The molecule has 8 nitrogen and oxygen atoms in total. The van der Waals surface area contributed by atoms with Gasteiger partial charge < -0.3 is 16.0 Å². The van der Waals surface area contributed by atoms with E-state index in [0.717, 1.165) is 17.7 Å². The van der Waals surface area contributed by atoms with E-state index in [4.69, 9.17) is 5.73 Å². The van der Waals surface area contributed by atoms with Crippen LogP contribution in [0.1, 0.15) is 19.8 Å². The predicted molar refractivity (Wildman–Crippen MR) is 99.8 cm³/mol. The molecule has 0 aromatic heterocycles. The predicted octanol–water partition coefficient (Wildman–Crippen LogP) is 1.39. The third-order valence-corrected chi connectivity index (χ3v) is 5.36. The smallest absolute Gasteiger partial charge is 0.269 e. The molecule has 2 unspecified atom stereocenters. The highest BCUT2D eigenvalue weighted by atomic mass is 32.2. The number of likely N-dealkylation sites (tertiary alicyclic amines) is 1. The van der Waals surface area contributed by atoms with Crippen molar-refractivity contribution in [3.63, 3.8) is 0 Å². The van der Waals surface area contributed by atoms with E-state index in [-0.39, 0.29) is 28.7 Å². The van der Waals surface area contributed by atoms with Crippen LogP contribution in [0.2, 0.25) is 0 Å². The van der Waals surface area contributed by atoms with Crippen molar-refractivity contribution in [3.8, 4) is 0 Å². The summed E-state index contributed by atoms with van der Waals surface area (Å²) in [7, 11) is 0. The SMILES string of the molecule is CC(Sc1ccc([N+](=O)[O-])cc1)C(=O)N1CCCC(C(=O)NCCN)C1. The monoisotopic (exact) mass is 380 g/mol. The fourth-order valence-corrected chi connectivity index (χ4v) is 3.84. The van der Waals surface area contributed by atoms with Gasteiger partial charge in [0.15, 0.2) is 0 Å². The minimum atomic E-state index is -0.452. The lowest BCUT2D eigenvalue weighted by atomic mass is 9.97. The summed E-state index contributed by atoms with van der Waals surface area (Å²) in [6.45, 7) is 3.71. The minimum Gasteiger partial charge on any atom is -0.355 e. The highest BCUT2D eigenvalue weighted by Gasteiger charge is 2.30. The molecule has 2 rings (SSSR count). The Morgan fingerprint density at radius 1 is 1.42 bits per heavy atom. The minimum absolute atomic E-state index is 0.0234. The average molecular weight is 380 g/mol. The van der Waals surface area contributed by atoms with Crippen LogP contribution in [-0.4, -0.2) is 53.1 Å². The number of carbonyl (C=O) groups is 2. The van der Waals surface area contributed by atoms with Gasteiger partial charge in [0.2, 0.25) is 11.8 Å². The van der Waals surface area contributed by atoms with Crippen LogP contribution in [0, 0.1) is 16.0 Å². The number of amides is 2. The Balaban J connectivity index is 1.92. The highest BCUT2D eigenvalue weighted by Crippen LogP contribution is 2.27. The molecule has 1 aliphatic heterocycles. The summed E-state index contributed by atoms with van der Waals surface area (Å²) in [6, 6.07) is 6.15. The normalized spacial score (nSPS) is 18.2. The van der Waals surface area contributed by atoms with Gasteiger partial charge in [0.1, 0.15) is 0 Å². The molecule has 26 heavy (non-hydrogen) atoms. The Bertz CT molecular complexity index is 653. The molecular weight excluding hydrogens is 356 g/mol. The molecule has 2 amide bonds. The maximum Gasteiger partial charge on any atom is 0.269 e. The maximum atomic E-state index is 12.7. The van der Waals surface area contributed by atoms with Gasteiger partial charge in [0.25, 0.3) is 5.69 Å². The van der Waals surface area contributed by atoms with Crippen molar-refractivity contribution in [1.82, 2.24) is 10.2 Å². The van der Waals surface area contributed by atoms with Gasteiger partial charge in [-0.15, -0.1) is 11.8 Å². The lowest BCUT2D eigenvalue weighted by Crippen LogP contribution is -2.48. The largest absolute Gasteiger partial charge is 0.355 e. The molecule has 1 fully saturated rings. The number of piperidine rings is 1. The van der Waals surface area contributed by atoms with E-state index in [1.807, 2.05) is 6.92 Å². The summed E-state index contributed by atoms with van der Waals surface area (Å²) in [4.78, 5) is 37.6. The van der Waals surface area contributed by atoms with E-state index in [1.165, 1.54) is 23.9 Å². The van der Waals surface area contributed by atoms with Gasteiger partial charge in [-0.3, -0.25) is 19.7 Å². The number of carbonyl (C=O) groups excluding carboxylic acids is 2. The van der Waals surface area contributed by atoms with Crippen molar-refractivity contribution in [2.45, 2.75) is 29.9 Å². The average Bonchev–Trinajstić information content (AvgIpc) is 2.65. The zero-order chi connectivity index (χ0) is 19.1. The number of nitro groups is 1. The van der Waals surface area contributed by atoms with E-state index in [1.54, 1.807) is 17.0 Å². The lowest BCUT2D eigenvalue weighted by Gasteiger charge is -2.33. The summed E-state index contributed by atoms with van der Waals surface area (Å²) in [5.41, 5.74) is 5.43. The van der Waals surface area contributed by atoms with Crippen molar-refractivity contribution in [2.75, 3.05) is 26.2 Å². The van der Waals surface area contributed by atoms with E-state index in [0.29, 0.717) is 26.2 Å². The number of hydrogen-bond donors (Lipinski definition) is 2. The van der Waals surface area contributed by atoms with Crippen LogP contribution in [-0.2, 0) is 9.59 Å². The van der Waals surface area contributed by atoms with Crippen LogP contribution in [0.4, 0.5) is 5.69 Å². The van der Waals surface area contributed by atoms with Gasteiger partial charge in [-0.25, -0.2) is 0 Å². The molecule has 3 N–H and O–H groups in total. The molecule has 9 heteroatoms. The van der Waals surface area contributed by atoms with E-state index in [2.05, 4.69) is 5.32 Å². The van der Waals surface area contributed by atoms with Crippen molar-refractivity contribution in [3.05, 3.63) is 34.4 Å². The molecule has 1 saturated heterocycles. The highest BCUT2D eigenvalue weighted by molar-refractivity contribution is 8.00. The van der Waals surface area contributed by atoms with Crippen molar-refractivity contribution in [2.24, 2.45) is 11.7 Å². The first-order valence-corrected chi connectivity index (χ1v) is 9.48. The van der Waals surface area contributed by atoms with Crippen molar-refractivity contribution in [1.29, 1.82) is 0 Å². The van der Waals surface area contributed by atoms with Gasteiger partial charge >= 0.3 is 0 Å². The van der Waals surface area contributed by atoms with Crippen LogP contribution in [0.25, 0.3) is 0 Å². The number of nitrogens with zero attached hydrogens (tertiary/aromatic N) is 2. The molecule has 1 aromatic carbocycles. The number of hydrogen-bond acceptors (Lipinski definition) is 6. The second-order valence-corrected chi connectivity index (χ2v) is 7.63. The fourth-order valence-electron chi connectivity index (χ4n) is 2.89. The number of thioether (sulfide) groups is 1. The summed E-state index contributed by atoms with van der Waals surface area (Å²) in [5, 5.41) is 13.2. The van der Waals surface area contributed by atoms with E-state index < -0.39 is 4.92 Å². The third kappa shape index (κ3) is 5.43. The number of nitro benzene ring substituents is 1. The molecule has 1 aliphatic rings. The summed E-state index contributed by atoms with van der Waals surface area (Å²) < 4.78 is 0. The lowest BCUT2D eigenvalue weighted by molar-refractivity contribution is -0.384. The molecule has 0 saturated carbocycles. The first-order chi connectivity index (χ1) is 12.4. The Hall–Kier alpha value is -2.13. The number of benzene rings is 1. The third-order valence-electron chi connectivity index (χ3n) is 4.26. The van der Waals surface area contributed by atoms with Crippen LogP contribution < -0.4 is 11.1 Å². The molecule has 0 bridgehead atoms. The van der Waals surface area contributed by atoms with Gasteiger partial charge in [-0.2, -0.15) is 0 Å². The molecule has 1 aromatic rings. The first kappa shape index (κ1) is 20.2. The molecular formula is C17H24N4O4S. The fraction of sp³-hybridized carbons (Fsp3) is 0.529. The zero-order valence-electron chi connectivity index (χ0n) is 14.7. The van der Waals surface area contributed by atoms with Crippen molar-refractivity contribution >= 4 is 29.3 Å². The van der Waals surface area contributed by atoms with Crippen LogP contribution in [0.15, 0.2) is 29.2 Å². The van der Waals surface area contributed by atoms with Crippen molar-refractivity contribution < 1.29 is 14.5 Å². The van der Waals surface area contributed by atoms with Gasteiger partial charge in [-0.1, -0.05) is 0 Å². The Morgan fingerprint density at radius 3 is 2.73 bits per heavy atom. The Morgan fingerprint density at radius 2 is 2.12 bits per heavy atom. The molecule has 2 atom stereocenters. The van der Waals surface area contributed by atoms with Gasteiger partial charge in [-0.05, 0) is 31.9 Å². The van der Waals surface area contributed by atoms with E-state index in [9.17, 15) is 19.7 Å². The first-order valence-electron chi connectivity index (χ1n) is 8.60. The van der Waals surface area contributed by atoms with Gasteiger partial charge in [0, 0.05) is 43.2 Å². The van der Waals surface area contributed by atoms with Crippen LogP contribution in [0.3, 0.4) is 0 Å². The second-order valence-electron chi connectivity index (χ2n) is 6.21. The van der Waals surface area contributed by atoms with Crippen LogP contribution >= 0.6 is 11.8 Å². The molecule has 142 valence electrons. The van der Waals surface area contributed by atoms with Gasteiger partial charge in [0.05, 0.1) is 16.1 Å². The topological polar surface area (TPSA) is 119 Å². The summed E-state index contributed by atoms with van der Waals surface area (Å²) in [5.74, 6) is -0.274. The molecule has 0 spiro atoms. The Kier molecular flexibility index (Phi) is 7.40. The summed E-state index contributed by atoms with van der Waals surface area (Å²) in [6.07, 6.45) is 1.56. The molecule has 0 aliphatic carbocycles. The quantitative estimate of drug-likeness (QED) is 0.419. The van der Waals surface area contributed by atoms with E-state index >= 15 is 0 Å². The standard InChI is InChI=1S/C17H24N4O4S/c1-12(26-15-6-4-14(5-7-15)21(24)25)17(23)20-10-2-3-13(11-20)16(22)19-9-8-18/h4-7,12-13H,2-3,8-11,18H2,1H3,(H,19,22). The number of nitrogens with one attached hydrogen (secondary N) is 1. The Labute approximate surface area is 156 Å². The summed E-state index contributed by atoms with van der Waals surface area (Å²) >= 11 is 1.36. The van der Waals surface area contributed by atoms with Crippen LogP contribution in [0.5, 0.6) is 0 Å². The maximum absolute atomic E-state index is 12.7. The number of nitrogens with two attached hydrogens (primary N) is 1. The second kappa shape index (κ2) is 9.54. The number of non-ortho nitro benzene ring substituents is 1. The molecule has 0 radical (unpaired) electrons.